The number of imide groups is 1. The van der Waals surface area contributed by atoms with Crippen LogP contribution in [0.2, 0.25) is 0 Å². The monoisotopic (exact) mass is 543 g/mol. The van der Waals surface area contributed by atoms with Gasteiger partial charge in [-0.05, 0) is 76.0 Å². The van der Waals surface area contributed by atoms with E-state index in [0.29, 0.717) is 45.4 Å². The standard InChI is InChI=1S/C29H35F2N3O5/c1-28(2)25(20-10-11-22(30)23(31)18-20)34(24(35)19-39-28)27(37)32-14-7-15-33-16-12-29(13-17-33,26(36)38-3)21-8-5-4-6-9-21/h4-6,8-11,18,25H,7,12-17,19H2,1-3H3,(H,32,37). The van der Waals surface area contributed by atoms with Gasteiger partial charge < -0.3 is 19.7 Å². The molecule has 0 aliphatic carbocycles. The van der Waals surface area contributed by atoms with Crippen LogP contribution in [0.3, 0.4) is 0 Å². The summed E-state index contributed by atoms with van der Waals surface area (Å²) in [7, 11) is 1.42. The second kappa shape index (κ2) is 11.8. The maximum atomic E-state index is 14.0. The molecule has 39 heavy (non-hydrogen) atoms. The van der Waals surface area contributed by atoms with Crippen LogP contribution in [0.15, 0.2) is 48.5 Å². The Kier molecular flexibility index (Phi) is 8.66. The fourth-order valence-corrected chi connectivity index (χ4v) is 5.62. The number of piperidine rings is 1. The van der Waals surface area contributed by atoms with Crippen LogP contribution < -0.4 is 5.32 Å². The van der Waals surface area contributed by atoms with E-state index in [1.807, 2.05) is 30.3 Å². The van der Waals surface area contributed by atoms with E-state index >= 15 is 0 Å². The summed E-state index contributed by atoms with van der Waals surface area (Å²) in [5.41, 5.74) is -0.451. The Morgan fingerprint density at radius 3 is 2.41 bits per heavy atom. The van der Waals surface area contributed by atoms with Gasteiger partial charge >= 0.3 is 12.0 Å². The van der Waals surface area contributed by atoms with Crippen molar-refractivity contribution in [1.82, 2.24) is 15.1 Å². The Labute approximate surface area is 227 Å². The Hall–Kier alpha value is -3.37. The lowest BCUT2D eigenvalue weighted by atomic mass is 9.72. The minimum Gasteiger partial charge on any atom is -0.468 e. The molecule has 0 bridgehead atoms. The first-order chi connectivity index (χ1) is 18.6. The minimum atomic E-state index is -1.06. The number of hydrogen-bond acceptors (Lipinski definition) is 6. The number of nitrogens with one attached hydrogen (secondary N) is 1. The van der Waals surface area contributed by atoms with Crippen molar-refractivity contribution in [2.24, 2.45) is 0 Å². The van der Waals surface area contributed by atoms with Gasteiger partial charge in [0, 0.05) is 6.54 Å². The molecule has 2 heterocycles. The van der Waals surface area contributed by atoms with Gasteiger partial charge in [0.1, 0.15) is 6.61 Å². The fourth-order valence-electron chi connectivity index (χ4n) is 5.62. The zero-order chi connectivity index (χ0) is 28.2. The summed E-state index contributed by atoms with van der Waals surface area (Å²) in [4.78, 5) is 41.9. The van der Waals surface area contributed by atoms with Crippen molar-refractivity contribution in [3.63, 3.8) is 0 Å². The average Bonchev–Trinajstić information content (AvgIpc) is 2.94. The summed E-state index contributed by atoms with van der Waals surface area (Å²) >= 11 is 0. The Morgan fingerprint density at radius 2 is 1.77 bits per heavy atom. The molecule has 2 aliphatic heterocycles. The number of ether oxygens (including phenoxy) is 2. The lowest BCUT2D eigenvalue weighted by Gasteiger charge is -2.44. The number of urea groups is 1. The normalized spacial score (nSPS) is 20.9. The van der Waals surface area contributed by atoms with Gasteiger partial charge in [0.2, 0.25) is 0 Å². The highest BCUT2D eigenvalue weighted by molar-refractivity contribution is 5.96. The molecule has 0 aromatic heterocycles. The molecule has 1 unspecified atom stereocenters. The van der Waals surface area contributed by atoms with Crippen LogP contribution in [0.25, 0.3) is 0 Å². The average molecular weight is 544 g/mol. The number of methoxy groups -OCH3 is 1. The van der Waals surface area contributed by atoms with E-state index in [4.69, 9.17) is 9.47 Å². The molecule has 4 rings (SSSR count). The minimum absolute atomic E-state index is 0.227. The lowest BCUT2D eigenvalue weighted by Crippen LogP contribution is -2.58. The number of carbonyl (C=O) groups is 3. The number of hydrogen-bond donors (Lipinski definition) is 1. The van der Waals surface area contributed by atoms with E-state index in [9.17, 15) is 23.2 Å². The molecule has 2 aliphatic rings. The van der Waals surface area contributed by atoms with Crippen molar-refractivity contribution in [1.29, 1.82) is 0 Å². The first kappa shape index (κ1) is 28.6. The summed E-state index contributed by atoms with van der Waals surface area (Å²) in [5, 5.41) is 2.80. The molecule has 2 saturated heterocycles. The van der Waals surface area contributed by atoms with Crippen molar-refractivity contribution < 1.29 is 32.6 Å². The number of carbonyl (C=O) groups excluding carboxylic acids is 3. The molecular formula is C29H35F2N3O5. The largest absolute Gasteiger partial charge is 0.468 e. The van der Waals surface area contributed by atoms with E-state index in [-0.39, 0.29) is 18.1 Å². The molecule has 3 amide bonds. The van der Waals surface area contributed by atoms with Gasteiger partial charge in [-0.15, -0.1) is 0 Å². The van der Waals surface area contributed by atoms with E-state index in [2.05, 4.69) is 10.2 Å². The SMILES string of the molecule is COC(=O)C1(c2ccccc2)CCN(CCCNC(=O)N2C(=O)COC(C)(C)C2c2ccc(F)c(F)c2)CC1. The maximum absolute atomic E-state index is 14.0. The molecule has 0 saturated carbocycles. The van der Waals surface area contributed by atoms with Gasteiger partial charge in [-0.25, -0.2) is 13.6 Å². The quantitative estimate of drug-likeness (QED) is 0.420. The van der Waals surface area contributed by atoms with E-state index in [1.165, 1.54) is 13.2 Å². The topological polar surface area (TPSA) is 88.2 Å². The van der Waals surface area contributed by atoms with Crippen molar-refractivity contribution in [3.05, 3.63) is 71.3 Å². The number of nitrogens with zero attached hydrogens (tertiary/aromatic N) is 2. The third-order valence-electron chi connectivity index (χ3n) is 7.77. The number of halogens is 2. The number of benzene rings is 2. The van der Waals surface area contributed by atoms with Gasteiger partial charge in [0.15, 0.2) is 11.6 Å². The molecule has 2 fully saturated rings. The predicted octanol–water partition coefficient (Wildman–Crippen LogP) is 3.95. The summed E-state index contributed by atoms with van der Waals surface area (Å²) in [5.74, 6) is -2.86. The van der Waals surface area contributed by atoms with Gasteiger partial charge in [-0.1, -0.05) is 36.4 Å². The van der Waals surface area contributed by atoms with Crippen LogP contribution >= 0.6 is 0 Å². The predicted molar refractivity (Wildman–Crippen MR) is 140 cm³/mol. The first-order valence-electron chi connectivity index (χ1n) is 13.1. The van der Waals surface area contributed by atoms with E-state index in [1.54, 1.807) is 13.8 Å². The third-order valence-corrected chi connectivity index (χ3v) is 7.77. The van der Waals surface area contributed by atoms with E-state index < -0.39 is 40.6 Å². The summed E-state index contributed by atoms with van der Waals surface area (Å²) in [6.45, 7) is 5.51. The Morgan fingerprint density at radius 1 is 1.08 bits per heavy atom. The molecule has 0 spiro atoms. The smallest absolute Gasteiger partial charge is 0.324 e. The molecule has 210 valence electrons. The molecule has 1 atom stereocenters. The van der Waals surface area contributed by atoms with E-state index in [0.717, 1.165) is 22.6 Å². The number of esters is 1. The van der Waals surface area contributed by atoms with Crippen molar-refractivity contribution in [2.75, 3.05) is 39.9 Å². The molecule has 8 nitrogen and oxygen atoms in total. The maximum Gasteiger partial charge on any atom is 0.324 e. The number of amides is 3. The van der Waals surface area contributed by atoms with Crippen LogP contribution in [0.5, 0.6) is 0 Å². The molecule has 0 radical (unpaired) electrons. The molecule has 1 N–H and O–H groups in total. The zero-order valence-electron chi connectivity index (χ0n) is 22.5. The van der Waals surface area contributed by atoms with Gasteiger partial charge in [-0.2, -0.15) is 0 Å². The zero-order valence-corrected chi connectivity index (χ0v) is 22.5. The third kappa shape index (κ3) is 5.96. The van der Waals surface area contributed by atoms with Crippen molar-refractivity contribution in [2.45, 2.75) is 50.2 Å². The number of likely N-dealkylation sites (tertiary alicyclic amines) is 1. The lowest BCUT2D eigenvalue weighted by molar-refractivity contribution is -0.165. The highest BCUT2D eigenvalue weighted by atomic mass is 19.2. The summed E-state index contributed by atoms with van der Waals surface area (Å²) < 4.78 is 38.3. The van der Waals surface area contributed by atoms with Gasteiger partial charge in [0.25, 0.3) is 5.91 Å². The Bertz CT molecular complexity index is 1200. The van der Waals surface area contributed by atoms with Crippen molar-refractivity contribution >= 4 is 17.9 Å². The van der Waals surface area contributed by atoms with Crippen LogP contribution in [0, 0.1) is 11.6 Å². The van der Waals surface area contributed by atoms with Crippen LogP contribution in [0.1, 0.15) is 50.3 Å². The Balaban J connectivity index is 1.34. The second-order valence-corrected chi connectivity index (χ2v) is 10.6. The number of rotatable bonds is 7. The van der Waals surface area contributed by atoms with Crippen LogP contribution in [-0.2, 0) is 24.5 Å². The van der Waals surface area contributed by atoms with Crippen molar-refractivity contribution in [3.8, 4) is 0 Å². The molecule has 2 aromatic rings. The number of morpholine rings is 1. The van der Waals surface area contributed by atoms with Crippen LogP contribution in [0.4, 0.5) is 13.6 Å². The fraction of sp³-hybridized carbons (Fsp3) is 0.483. The van der Waals surface area contributed by atoms with Gasteiger partial charge in [0.05, 0.1) is 24.2 Å². The molecular weight excluding hydrogens is 508 g/mol. The second-order valence-electron chi connectivity index (χ2n) is 10.6. The highest BCUT2D eigenvalue weighted by Crippen LogP contribution is 2.39. The summed E-state index contributed by atoms with van der Waals surface area (Å²) in [6, 6.07) is 11.5. The molecule has 2 aromatic carbocycles. The summed E-state index contributed by atoms with van der Waals surface area (Å²) in [6.07, 6.45) is 1.88. The van der Waals surface area contributed by atoms with Gasteiger partial charge in [-0.3, -0.25) is 14.5 Å². The van der Waals surface area contributed by atoms with Crippen LogP contribution in [-0.4, -0.2) is 73.2 Å². The molecule has 10 heteroatoms. The first-order valence-corrected chi connectivity index (χ1v) is 13.1. The highest BCUT2D eigenvalue weighted by Gasteiger charge is 2.47.